The van der Waals surface area contributed by atoms with Crippen molar-refractivity contribution in [3.05, 3.63) is 71.7 Å². The molecule has 1 fully saturated rings. The van der Waals surface area contributed by atoms with E-state index in [2.05, 4.69) is 16.0 Å². The molecule has 3 heterocycles. The first-order chi connectivity index (χ1) is 19.1. The monoisotopic (exact) mass is 543 g/mol. The molecule has 9 heteroatoms. The zero-order valence-electron chi connectivity index (χ0n) is 23.6. The molecular weight excluding hydrogens is 509 g/mol. The lowest BCUT2D eigenvalue weighted by atomic mass is 10.1. The summed E-state index contributed by atoms with van der Waals surface area (Å²) in [7, 11) is 0. The highest BCUT2D eigenvalue weighted by Gasteiger charge is 2.32. The maximum absolute atomic E-state index is 13.9. The maximum atomic E-state index is 13.9. The number of carbonyl (C=O) groups is 1. The van der Waals surface area contributed by atoms with Gasteiger partial charge in [-0.15, -0.1) is 0 Å². The predicted octanol–water partition coefficient (Wildman–Crippen LogP) is 7.33. The van der Waals surface area contributed by atoms with E-state index in [1.54, 1.807) is 24.4 Å². The number of carbonyl (C=O) groups excluding carboxylic acids is 1. The molecule has 2 aromatic heterocycles. The van der Waals surface area contributed by atoms with Gasteiger partial charge >= 0.3 is 12.1 Å². The molecule has 0 aliphatic carbocycles. The summed E-state index contributed by atoms with van der Waals surface area (Å²) in [6.45, 7) is 11.0. The fourth-order valence-electron chi connectivity index (χ4n) is 4.86. The van der Waals surface area contributed by atoms with E-state index in [-0.39, 0.29) is 11.8 Å². The van der Waals surface area contributed by atoms with E-state index in [0.717, 1.165) is 43.5 Å². The largest absolute Gasteiger partial charge is 0.443 e. The summed E-state index contributed by atoms with van der Waals surface area (Å²) in [6, 6.07) is 13.8. The molecule has 0 spiro atoms. The number of benzene rings is 2. The zero-order chi connectivity index (χ0) is 28.4. The minimum Gasteiger partial charge on any atom is -0.443 e. The molecule has 4 aromatic rings. The Kier molecular flexibility index (Phi) is 7.56. The third-order valence-corrected chi connectivity index (χ3v) is 6.47. The number of imidazole rings is 1. The molecule has 40 heavy (non-hydrogen) atoms. The molecule has 8 nitrogen and oxygen atoms in total. The van der Waals surface area contributed by atoms with Crippen molar-refractivity contribution in [2.75, 3.05) is 18.0 Å². The second-order valence-corrected chi connectivity index (χ2v) is 11.1. The number of hydrogen-bond donors (Lipinski definition) is 0. The summed E-state index contributed by atoms with van der Waals surface area (Å²) < 4.78 is 27.3. The van der Waals surface area contributed by atoms with Crippen LogP contribution in [-0.4, -0.2) is 44.3 Å². The summed E-state index contributed by atoms with van der Waals surface area (Å²) in [4.78, 5) is 29.9. The average Bonchev–Trinajstić information content (AvgIpc) is 3.29. The first kappa shape index (κ1) is 27.3. The van der Waals surface area contributed by atoms with Crippen LogP contribution in [0.15, 0.2) is 54.7 Å². The van der Waals surface area contributed by atoms with Crippen LogP contribution in [0.4, 0.5) is 15.1 Å². The first-order valence-electron chi connectivity index (χ1n) is 13.5. The molecule has 5 rings (SSSR count). The minimum atomic E-state index is -0.739. The molecular formula is C31H34FN5O3. The van der Waals surface area contributed by atoms with Crippen LogP contribution in [0.5, 0.6) is 11.8 Å². The number of ether oxygens (including phenoxy) is 2. The number of aromatic nitrogens is 4. The van der Waals surface area contributed by atoms with Crippen molar-refractivity contribution >= 4 is 12.0 Å². The molecule has 1 saturated heterocycles. The lowest BCUT2D eigenvalue weighted by Crippen LogP contribution is -2.35. The molecule has 208 valence electrons. The van der Waals surface area contributed by atoms with Gasteiger partial charge < -0.3 is 14.4 Å². The molecule has 0 saturated carbocycles. The highest BCUT2D eigenvalue weighted by molar-refractivity contribution is 5.89. The van der Waals surface area contributed by atoms with E-state index in [1.165, 1.54) is 16.7 Å². The Morgan fingerprint density at radius 1 is 0.925 bits per heavy atom. The van der Waals surface area contributed by atoms with Gasteiger partial charge in [-0.25, -0.2) is 23.7 Å². The van der Waals surface area contributed by atoms with Crippen LogP contribution in [0.25, 0.3) is 22.6 Å². The van der Waals surface area contributed by atoms with Crippen molar-refractivity contribution in [2.45, 2.75) is 59.5 Å². The van der Waals surface area contributed by atoms with Crippen LogP contribution in [0, 0.1) is 19.7 Å². The van der Waals surface area contributed by atoms with E-state index >= 15 is 0 Å². The molecule has 0 amide bonds. The second kappa shape index (κ2) is 11.1. The van der Waals surface area contributed by atoms with Gasteiger partial charge in [0.1, 0.15) is 28.6 Å². The summed E-state index contributed by atoms with van der Waals surface area (Å²) in [5.41, 5.74) is 3.36. The van der Waals surface area contributed by atoms with Gasteiger partial charge in [-0.1, -0.05) is 6.07 Å². The third kappa shape index (κ3) is 6.14. The summed E-state index contributed by atoms with van der Waals surface area (Å²) in [6.07, 6.45) is 4.11. The molecule has 2 aromatic carbocycles. The number of nitrogens with zero attached hydrogens (tertiary/aromatic N) is 5. The molecule has 0 atom stereocenters. The Morgan fingerprint density at radius 2 is 1.60 bits per heavy atom. The van der Waals surface area contributed by atoms with E-state index < -0.39 is 11.7 Å². The highest BCUT2D eigenvalue weighted by Crippen LogP contribution is 2.37. The minimum absolute atomic E-state index is 0.129. The summed E-state index contributed by atoms with van der Waals surface area (Å²) in [5.74, 6) is 0.723. The Balaban J connectivity index is 1.69. The second-order valence-electron chi connectivity index (χ2n) is 11.1. The van der Waals surface area contributed by atoms with Gasteiger partial charge in [0.25, 0.3) is 0 Å². The number of aryl methyl sites for hydroxylation is 2. The van der Waals surface area contributed by atoms with Crippen molar-refractivity contribution in [2.24, 2.45) is 0 Å². The highest BCUT2D eigenvalue weighted by atomic mass is 19.1. The predicted molar refractivity (Wildman–Crippen MR) is 152 cm³/mol. The van der Waals surface area contributed by atoms with Gasteiger partial charge in [0.05, 0.1) is 5.69 Å². The zero-order valence-corrected chi connectivity index (χ0v) is 23.6. The number of anilines is 1. The van der Waals surface area contributed by atoms with E-state index in [4.69, 9.17) is 19.4 Å². The molecule has 0 bridgehead atoms. The summed E-state index contributed by atoms with van der Waals surface area (Å²) in [5, 5.41) is 0. The molecule has 1 aliphatic heterocycles. The normalized spacial score (nSPS) is 13.8. The lowest BCUT2D eigenvalue weighted by Gasteiger charge is -2.29. The van der Waals surface area contributed by atoms with Crippen molar-refractivity contribution in [1.82, 2.24) is 19.5 Å². The lowest BCUT2D eigenvalue weighted by molar-refractivity contribution is 0.0541. The van der Waals surface area contributed by atoms with Crippen LogP contribution in [-0.2, 0) is 4.74 Å². The Bertz CT molecular complexity index is 1500. The van der Waals surface area contributed by atoms with Gasteiger partial charge in [0.15, 0.2) is 0 Å². The Hall–Kier alpha value is -4.27. The van der Waals surface area contributed by atoms with Crippen molar-refractivity contribution < 1.29 is 18.7 Å². The van der Waals surface area contributed by atoms with Crippen molar-refractivity contribution in [3.8, 4) is 34.4 Å². The van der Waals surface area contributed by atoms with Crippen LogP contribution in [0.2, 0.25) is 0 Å². The smallest absolute Gasteiger partial charge is 0.422 e. The van der Waals surface area contributed by atoms with Crippen molar-refractivity contribution in [1.29, 1.82) is 0 Å². The first-order valence-corrected chi connectivity index (χ1v) is 13.5. The maximum Gasteiger partial charge on any atom is 0.422 e. The van der Waals surface area contributed by atoms with E-state index in [9.17, 15) is 9.18 Å². The SMILES string of the molecule is Cc1cc(C)cc(Oc2nccc(-c3c(-c4ccc(F)cc4)nc(N4CCCCC4)n3C(=O)OC(C)(C)C)n2)c1. The van der Waals surface area contributed by atoms with E-state index in [1.807, 2.05) is 46.8 Å². The molecule has 0 unspecified atom stereocenters. The van der Waals surface area contributed by atoms with Gasteiger partial charge in [-0.05, 0) is 107 Å². The van der Waals surface area contributed by atoms with Crippen LogP contribution >= 0.6 is 0 Å². The summed E-state index contributed by atoms with van der Waals surface area (Å²) >= 11 is 0. The van der Waals surface area contributed by atoms with Gasteiger partial charge in [0.2, 0.25) is 5.95 Å². The van der Waals surface area contributed by atoms with Crippen LogP contribution in [0.3, 0.4) is 0 Å². The van der Waals surface area contributed by atoms with Crippen LogP contribution in [0.1, 0.15) is 51.2 Å². The number of rotatable bonds is 5. The van der Waals surface area contributed by atoms with Gasteiger partial charge in [-0.3, -0.25) is 0 Å². The Morgan fingerprint density at radius 3 is 2.25 bits per heavy atom. The molecule has 0 radical (unpaired) electrons. The van der Waals surface area contributed by atoms with Gasteiger partial charge in [0, 0.05) is 24.8 Å². The molecule has 0 N–H and O–H groups in total. The fourth-order valence-corrected chi connectivity index (χ4v) is 4.86. The standard InChI is InChI=1S/C31H34FN5O3/c1-20-17-21(2)19-24(18-20)39-28-33-14-13-25(34-28)27-26(22-9-11-23(32)12-10-22)35-29(36-15-7-6-8-16-36)37(27)30(38)40-31(3,4)5/h9-14,17-19H,6-8,15-16H2,1-5H3. The Labute approximate surface area is 233 Å². The molecule has 1 aliphatic rings. The van der Waals surface area contributed by atoms with Crippen LogP contribution < -0.4 is 9.64 Å². The average molecular weight is 544 g/mol. The fraction of sp³-hybridized carbons (Fsp3) is 0.355. The third-order valence-electron chi connectivity index (χ3n) is 6.47. The number of piperidine rings is 1. The van der Waals surface area contributed by atoms with Gasteiger partial charge in [-0.2, -0.15) is 4.98 Å². The van der Waals surface area contributed by atoms with Crippen molar-refractivity contribution in [3.63, 3.8) is 0 Å². The number of hydrogen-bond acceptors (Lipinski definition) is 7. The topological polar surface area (TPSA) is 82.4 Å². The number of halogens is 1. The van der Waals surface area contributed by atoms with E-state index in [0.29, 0.717) is 34.3 Å². The quantitative estimate of drug-likeness (QED) is 0.261.